The molecule has 0 aliphatic heterocycles. The number of benzene rings is 2. The quantitative estimate of drug-likeness (QED) is 0.607. The average Bonchev–Trinajstić information content (AvgIpc) is 3.09. The predicted octanol–water partition coefficient (Wildman–Crippen LogP) is 4.85. The summed E-state index contributed by atoms with van der Waals surface area (Å²) in [5, 5.41) is 0.934. The molecule has 0 bridgehead atoms. The van der Waals surface area contributed by atoms with Gasteiger partial charge < -0.3 is 9.64 Å². The van der Waals surface area contributed by atoms with E-state index in [9.17, 15) is 4.79 Å². The minimum Gasteiger partial charge on any atom is -0.496 e. The van der Waals surface area contributed by atoms with E-state index in [2.05, 4.69) is 11.1 Å². The predicted molar refractivity (Wildman–Crippen MR) is 108 cm³/mol. The van der Waals surface area contributed by atoms with Crippen molar-refractivity contribution in [2.24, 2.45) is 0 Å². The lowest BCUT2D eigenvalue weighted by Gasteiger charge is -2.21. The summed E-state index contributed by atoms with van der Waals surface area (Å²) in [5.41, 5.74) is 2.98. The maximum atomic E-state index is 12.6. The van der Waals surface area contributed by atoms with Gasteiger partial charge in [-0.2, -0.15) is 0 Å². The molecule has 3 aromatic rings. The minimum atomic E-state index is -0.0936. The van der Waals surface area contributed by atoms with Crippen molar-refractivity contribution in [1.82, 2.24) is 9.88 Å². The molecular weight excluding hydrogens is 344 g/mol. The first-order chi connectivity index (χ1) is 12.5. The number of aromatic nitrogens is 1. The number of rotatable bonds is 5. The Bertz CT molecular complexity index is 929. The van der Waals surface area contributed by atoms with Crippen molar-refractivity contribution in [2.75, 3.05) is 14.2 Å². The van der Waals surface area contributed by atoms with Crippen molar-refractivity contribution < 1.29 is 9.53 Å². The molecule has 4 nitrogen and oxygen atoms in total. The number of thiazole rings is 1. The monoisotopic (exact) mass is 366 g/mol. The number of carbonyl (C=O) groups is 1. The molecule has 0 N–H and O–H groups in total. The van der Waals surface area contributed by atoms with Crippen LogP contribution in [-0.4, -0.2) is 29.9 Å². The van der Waals surface area contributed by atoms with Crippen LogP contribution in [0.25, 0.3) is 16.3 Å². The van der Waals surface area contributed by atoms with Crippen molar-refractivity contribution >= 4 is 33.5 Å². The number of hydrogen-bond donors (Lipinski definition) is 0. The first kappa shape index (κ1) is 18.1. The molecule has 0 spiro atoms. The second kappa shape index (κ2) is 7.70. The number of nitrogens with zero attached hydrogens (tertiary/aromatic N) is 2. The molecule has 1 atom stereocenters. The summed E-state index contributed by atoms with van der Waals surface area (Å²) in [4.78, 5) is 19.0. The average molecular weight is 366 g/mol. The fourth-order valence-corrected chi connectivity index (χ4v) is 3.75. The van der Waals surface area contributed by atoms with Crippen LogP contribution in [0.4, 0.5) is 0 Å². The lowest BCUT2D eigenvalue weighted by molar-refractivity contribution is -0.126. The lowest BCUT2D eigenvalue weighted by Crippen LogP contribution is -2.27. The largest absolute Gasteiger partial charge is 0.496 e. The Hall–Kier alpha value is -2.66. The Morgan fingerprint density at radius 3 is 2.77 bits per heavy atom. The maximum Gasteiger partial charge on any atom is 0.246 e. The number of methoxy groups -OCH3 is 1. The zero-order valence-corrected chi connectivity index (χ0v) is 16.2. The molecule has 0 unspecified atom stereocenters. The van der Waals surface area contributed by atoms with Gasteiger partial charge in [0, 0.05) is 18.7 Å². The van der Waals surface area contributed by atoms with Crippen molar-refractivity contribution in [3.63, 3.8) is 0 Å². The van der Waals surface area contributed by atoms with Crippen LogP contribution in [0.5, 0.6) is 5.75 Å². The summed E-state index contributed by atoms with van der Waals surface area (Å²) in [6.45, 7) is 4.01. The van der Waals surface area contributed by atoms with Crippen LogP contribution >= 0.6 is 11.3 Å². The molecule has 0 fully saturated rings. The highest BCUT2D eigenvalue weighted by molar-refractivity contribution is 7.18. The third-order valence-corrected chi connectivity index (χ3v) is 5.59. The SMILES string of the molecule is COc1ccc(C)cc1/C=C/C(=O)N(C)[C@@H](C)c1nc2ccccc2s1. The normalized spacial score (nSPS) is 12.5. The zero-order valence-electron chi connectivity index (χ0n) is 15.4. The number of likely N-dealkylation sites (N-methyl/N-ethyl adjacent to an activating group) is 1. The Morgan fingerprint density at radius 2 is 2.04 bits per heavy atom. The Balaban J connectivity index is 1.77. The molecule has 0 aliphatic rings. The topological polar surface area (TPSA) is 42.4 Å². The van der Waals surface area contributed by atoms with Crippen molar-refractivity contribution in [3.8, 4) is 5.75 Å². The minimum absolute atomic E-state index is 0.0692. The van der Waals surface area contributed by atoms with E-state index in [4.69, 9.17) is 4.74 Å². The number of ether oxygens (including phenoxy) is 1. The molecule has 1 amide bonds. The van der Waals surface area contributed by atoms with E-state index in [1.54, 1.807) is 42.5 Å². The van der Waals surface area contributed by atoms with Crippen molar-refractivity contribution in [2.45, 2.75) is 19.9 Å². The third-order valence-electron chi connectivity index (χ3n) is 4.39. The summed E-state index contributed by atoms with van der Waals surface area (Å²) < 4.78 is 6.49. The lowest BCUT2D eigenvalue weighted by atomic mass is 10.1. The van der Waals surface area contributed by atoms with E-state index < -0.39 is 0 Å². The van der Waals surface area contributed by atoms with E-state index in [0.717, 1.165) is 32.1 Å². The van der Waals surface area contributed by atoms with Crippen LogP contribution in [0.1, 0.15) is 29.1 Å². The Kier molecular flexibility index (Phi) is 5.38. The first-order valence-electron chi connectivity index (χ1n) is 8.44. The molecule has 5 heteroatoms. The van der Waals surface area contributed by atoms with Gasteiger partial charge in [-0.25, -0.2) is 4.98 Å². The zero-order chi connectivity index (χ0) is 18.7. The van der Waals surface area contributed by atoms with Crippen LogP contribution in [0.15, 0.2) is 48.5 Å². The summed E-state index contributed by atoms with van der Waals surface area (Å²) in [5.74, 6) is 0.682. The highest BCUT2D eigenvalue weighted by Gasteiger charge is 2.19. The Labute approximate surface area is 157 Å². The van der Waals surface area contributed by atoms with Gasteiger partial charge in [-0.3, -0.25) is 4.79 Å². The number of aryl methyl sites for hydroxylation is 1. The smallest absolute Gasteiger partial charge is 0.246 e. The van der Waals surface area contributed by atoms with Gasteiger partial charge in [-0.05, 0) is 44.2 Å². The fraction of sp³-hybridized carbons (Fsp3) is 0.238. The molecule has 1 aromatic heterocycles. The van der Waals surface area contributed by atoms with Gasteiger partial charge in [0.15, 0.2) is 0 Å². The van der Waals surface area contributed by atoms with E-state index in [1.807, 2.05) is 50.2 Å². The highest BCUT2D eigenvalue weighted by Crippen LogP contribution is 2.29. The summed E-state index contributed by atoms with van der Waals surface area (Å²) in [6, 6.07) is 13.8. The molecular formula is C21H22N2O2S. The molecule has 0 saturated heterocycles. The second-order valence-electron chi connectivity index (χ2n) is 6.22. The number of carbonyl (C=O) groups excluding carboxylic acids is 1. The van der Waals surface area contributed by atoms with Gasteiger partial charge in [-0.1, -0.05) is 23.8 Å². The van der Waals surface area contributed by atoms with Gasteiger partial charge in [0.1, 0.15) is 10.8 Å². The third kappa shape index (κ3) is 3.78. The molecule has 0 aliphatic carbocycles. The van der Waals surface area contributed by atoms with Crippen LogP contribution in [0.3, 0.4) is 0 Å². The van der Waals surface area contributed by atoms with Gasteiger partial charge in [0.2, 0.25) is 5.91 Å². The number of amides is 1. The summed E-state index contributed by atoms with van der Waals surface area (Å²) in [7, 11) is 3.43. The molecule has 0 radical (unpaired) electrons. The second-order valence-corrected chi connectivity index (χ2v) is 7.29. The van der Waals surface area contributed by atoms with Crippen LogP contribution in [0, 0.1) is 6.92 Å². The van der Waals surface area contributed by atoms with Crippen LogP contribution in [-0.2, 0) is 4.79 Å². The Morgan fingerprint density at radius 1 is 1.27 bits per heavy atom. The number of hydrogen-bond acceptors (Lipinski definition) is 4. The standard InChI is InChI=1S/C21H22N2O2S/c1-14-9-11-18(25-4)16(13-14)10-12-20(24)23(3)15(2)21-22-17-7-5-6-8-19(17)26-21/h5-13,15H,1-4H3/b12-10+/t15-/m0/s1. The highest BCUT2D eigenvalue weighted by atomic mass is 32.1. The van der Waals surface area contributed by atoms with E-state index in [-0.39, 0.29) is 11.9 Å². The van der Waals surface area contributed by atoms with Gasteiger partial charge in [0.25, 0.3) is 0 Å². The van der Waals surface area contributed by atoms with Crippen LogP contribution < -0.4 is 4.74 Å². The molecule has 134 valence electrons. The van der Waals surface area contributed by atoms with Gasteiger partial charge >= 0.3 is 0 Å². The number of para-hydroxylation sites is 1. The summed E-state index contributed by atoms with van der Waals surface area (Å²) in [6.07, 6.45) is 3.39. The fourth-order valence-electron chi connectivity index (χ4n) is 2.69. The van der Waals surface area contributed by atoms with E-state index >= 15 is 0 Å². The van der Waals surface area contributed by atoms with Gasteiger partial charge in [0.05, 0.1) is 23.4 Å². The molecule has 0 saturated carbocycles. The molecule has 3 rings (SSSR count). The van der Waals surface area contributed by atoms with Crippen molar-refractivity contribution in [1.29, 1.82) is 0 Å². The van der Waals surface area contributed by atoms with Gasteiger partial charge in [-0.15, -0.1) is 11.3 Å². The molecule has 26 heavy (non-hydrogen) atoms. The summed E-state index contributed by atoms with van der Waals surface area (Å²) >= 11 is 1.62. The maximum absolute atomic E-state index is 12.6. The molecule has 2 aromatic carbocycles. The van der Waals surface area contributed by atoms with E-state index in [1.165, 1.54) is 0 Å². The van der Waals surface area contributed by atoms with E-state index in [0.29, 0.717) is 0 Å². The van der Waals surface area contributed by atoms with Crippen LogP contribution in [0.2, 0.25) is 0 Å². The first-order valence-corrected chi connectivity index (χ1v) is 9.26. The molecule has 1 heterocycles. The van der Waals surface area contributed by atoms with Crippen molar-refractivity contribution in [3.05, 3.63) is 64.7 Å². The number of fused-ring (bicyclic) bond motifs is 1.